The maximum atomic E-state index is 12.1. The molecule has 6 nitrogen and oxygen atoms in total. The van der Waals surface area contributed by atoms with Crippen LogP contribution in [0.3, 0.4) is 0 Å². The zero-order chi connectivity index (χ0) is 17.1. The van der Waals surface area contributed by atoms with Crippen molar-refractivity contribution in [2.45, 2.75) is 6.42 Å². The van der Waals surface area contributed by atoms with Gasteiger partial charge in [-0.05, 0) is 48.4 Å². The minimum Gasteiger partial charge on any atom is -0.408 e. The fourth-order valence-electron chi connectivity index (χ4n) is 2.48. The normalized spacial score (nSPS) is 10.8. The molecule has 0 unspecified atom stereocenters. The number of aromatic nitrogens is 1. The number of hydrogen-bond donors (Lipinski definition) is 2. The maximum absolute atomic E-state index is 12.1. The van der Waals surface area contributed by atoms with Crippen LogP contribution in [0.5, 0.6) is 0 Å². The average molecular weight is 325 g/mol. The number of carbonyl (C=O) groups excluding carboxylic acids is 1. The Morgan fingerprint density at radius 2 is 1.92 bits per heavy atom. The molecule has 124 valence electrons. The molecule has 2 aromatic carbocycles. The number of rotatable bonds is 5. The van der Waals surface area contributed by atoms with E-state index in [4.69, 9.17) is 4.42 Å². The molecule has 1 amide bonds. The van der Waals surface area contributed by atoms with Gasteiger partial charge >= 0.3 is 5.76 Å². The fraction of sp³-hybridized carbons (Fsp3) is 0.222. The molecule has 3 rings (SSSR count). The van der Waals surface area contributed by atoms with Crippen molar-refractivity contribution in [2.24, 2.45) is 0 Å². The Kier molecular flexibility index (Phi) is 4.37. The van der Waals surface area contributed by atoms with E-state index < -0.39 is 5.76 Å². The molecule has 1 heterocycles. The zero-order valence-corrected chi connectivity index (χ0v) is 13.6. The highest BCUT2D eigenvalue weighted by Gasteiger charge is 2.06. The summed E-state index contributed by atoms with van der Waals surface area (Å²) in [4.78, 5) is 27.9. The van der Waals surface area contributed by atoms with Crippen molar-refractivity contribution in [1.82, 2.24) is 10.3 Å². The van der Waals surface area contributed by atoms with Crippen molar-refractivity contribution in [3.8, 4) is 0 Å². The van der Waals surface area contributed by atoms with Gasteiger partial charge in [0.15, 0.2) is 5.58 Å². The number of fused-ring (bicyclic) bond motifs is 1. The van der Waals surface area contributed by atoms with Crippen LogP contribution in [0.4, 0.5) is 5.69 Å². The summed E-state index contributed by atoms with van der Waals surface area (Å²) in [7, 11) is 3.91. The first-order valence-electron chi connectivity index (χ1n) is 7.70. The van der Waals surface area contributed by atoms with Crippen LogP contribution in [-0.2, 0) is 6.42 Å². The number of nitrogens with one attached hydrogen (secondary N) is 2. The maximum Gasteiger partial charge on any atom is 0.417 e. The summed E-state index contributed by atoms with van der Waals surface area (Å²) in [6, 6.07) is 13.0. The van der Waals surface area contributed by atoms with Crippen LogP contribution in [0.2, 0.25) is 0 Å². The molecular formula is C18H19N3O3. The van der Waals surface area contributed by atoms with E-state index in [2.05, 4.69) is 10.3 Å². The van der Waals surface area contributed by atoms with Crippen molar-refractivity contribution < 1.29 is 9.21 Å². The van der Waals surface area contributed by atoms with Crippen LogP contribution in [0.25, 0.3) is 11.1 Å². The van der Waals surface area contributed by atoms with Crippen LogP contribution >= 0.6 is 0 Å². The summed E-state index contributed by atoms with van der Waals surface area (Å²) >= 11 is 0. The largest absolute Gasteiger partial charge is 0.417 e. The van der Waals surface area contributed by atoms with Crippen LogP contribution in [0, 0.1) is 0 Å². The summed E-state index contributed by atoms with van der Waals surface area (Å²) in [6.07, 6.45) is 0.659. The van der Waals surface area contributed by atoms with E-state index in [1.807, 2.05) is 55.4 Å². The lowest BCUT2D eigenvalue weighted by Gasteiger charge is -2.12. The Hall–Kier alpha value is -3.02. The molecule has 0 bridgehead atoms. The number of H-pyrrole nitrogens is 1. The molecule has 1 aromatic heterocycles. The third kappa shape index (κ3) is 3.48. The van der Waals surface area contributed by atoms with Gasteiger partial charge < -0.3 is 14.6 Å². The Morgan fingerprint density at radius 1 is 1.17 bits per heavy atom. The average Bonchev–Trinajstić information content (AvgIpc) is 2.94. The lowest BCUT2D eigenvalue weighted by Crippen LogP contribution is -2.25. The quantitative estimate of drug-likeness (QED) is 0.753. The van der Waals surface area contributed by atoms with Crippen LogP contribution in [0.15, 0.2) is 51.7 Å². The molecule has 6 heteroatoms. The van der Waals surface area contributed by atoms with Gasteiger partial charge in [-0.2, -0.15) is 0 Å². The SMILES string of the molecule is CN(C)c1ccc(C(=O)NCCc2ccc3[nH]c(=O)oc3c2)cc1. The van der Waals surface area contributed by atoms with E-state index >= 15 is 0 Å². The molecule has 2 N–H and O–H groups in total. The van der Waals surface area contributed by atoms with Crippen molar-refractivity contribution >= 4 is 22.7 Å². The predicted octanol–water partition coefficient (Wildman–Crippen LogP) is 2.16. The topological polar surface area (TPSA) is 78.3 Å². The second kappa shape index (κ2) is 6.62. The highest BCUT2D eigenvalue weighted by Crippen LogP contribution is 2.13. The van der Waals surface area contributed by atoms with Crippen molar-refractivity contribution in [3.63, 3.8) is 0 Å². The summed E-state index contributed by atoms with van der Waals surface area (Å²) in [5, 5.41) is 2.90. The first-order valence-corrected chi connectivity index (χ1v) is 7.70. The monoisotopic (exact) mass is 325 g/mol. The van der Waals surface area contributed by atoms with Gasteiger partial charge in [0.1, 0.15) is 0 Å². The van der Waals surface area contributed by atoms with E-state index in [1.54, 1.807) is 6.07 Å². The third-order valence-corrected chi connectivity index (χ3v) is 3.83. The number of amides is 1. The number of anilines is 1. The molecule has 0 atom stereocenters. The predicted molar refractivity (Wildman–Crippen MR) is 93.6 cm³/mol. The van der Waals surface area contributed by atoms with E-state index in [0.29, 0.717) is 29.6 Å². The highest BCUT2D eigenvalue weighted by molar-refractivity contribution is 5.94. The van der Waals surface area contributed by atoms with Crippen molar-refractivity contribution in [3.05, 3.63) is 64.1 Å². The lowest BCUT2D eigenvalue weighted by molar-refractivity contribution is 0.0954. The van der Waals surface area contributed by atoms with Gasteiger partial charge in [-0.25, -0.2) is 4.79 Å². The zero-order valence-electron chi connectivity index (χ0n) is 13.6. The van der Waals surface area contributed by atoms with Crippen LogP contribution < -0.4 is 16.0 Å². The van der Waals surface area contributed by atoms with Crippen molar-refractivity contribution in [1.29, 1.82) is 0 Å². The molecule has 0 saturated carbocycles. The molecule has 24 heavy (non-hydrogen) atoms. The molecule has 0 aliphatic rings. The van der Waals surface area contributed by atoms with Gasteiger partial charge in [-0.3, -0.25) is 9.78 Å². The van der Waals surface area contributed by atoms with E-state index in [0.717, 1.165) is 11.3 Å². The van der Waals surface area contributed by atoms with E-state index in [9.17, 15) is 9.59 Å². The van der Waals surface area contributed by atoms with E-state index in [1.165, 1.54) is 0 Å². The van der Waals surface area contributed by atoms with Gasteiger partial charge in [-0.1, -0.05) is 6.07 Å². The summed E-state index contributed by atoms with van der Waals surface area (Å²) in [5.74, 6) is -0.564. The number of oxazole rings is 1. The molecule has 0 spiro atoms. The molecule has 0 aliphatic heterocycles. The van der Waals surface area contributed by atoms with Gasteiger partial charge in [0.25, 0.3) is 5.91 Å². The third-order valence-electron chi connectivity index (χ3n) is 3.83. The van der Waals surface area contributed by atoms with Crippen LogP contribution in [0.1, 0.15) is 15.9 Å². The van der Waals surface area contributed by atoms with E-state index in [-0.39, 0.29) is 5.91 Å². The molecule has 0 radical (unpaired) electrons. The van der Waals surface area contributed by atoms with Gasteiger partial charge in [0.2, 0.25) is 0 Å². The highest BCUT2D eigenvalue weighted by atomic mass is 16.4. The standard InChI is InChI=1S/C18H19N3O3/c1-21(2)14-6-4-13(5-7-14)17(22)19-10-9-12-3-8-15-16(11-12)24-18(23)20-15/h3-8,11H,9-10H2,1-2H3,(H,19,22)(H,20,23). The van der Waals surface area contributed by atoms with Gasteiger partial charge in [-0.15, -0.1) is 0 Å². The Morgan fingerprint density at radius 3 is 2.62 bits per heavy atom. The second-order valence-corrected chi connectivity index (χ2v) is 5.79. The Balaban J connectivity index is 1.58. The first kappa shape index (κ1) is 15.9. The lowest BCUT2D eigenvalue weighted by atomic mass is 10.1. The van der Waals surface area contributed by atoms with Gasteiger partial charge in [0.05, 0.1) is 5.52 Å². The van der Waals surface area contributed by atoms with Crippen LogP contribution in [-0.4, -0.2) is 31.5 Å². The number of carbonyl (C=O) groups is 1. The number of benzene rings is 2. The van der Waals surface area contributed by atoms with Gasteiger partial charge in [0, 0.05) is 31.9 Å². The summed E-state index contributed by atoms with van der Waals surface area (Å²) in [6.45, 7) is 0.508. The second-order valence-electron chi connectivity index (χ2n) is 5.79. The summed E-state index contributed by atoms with van der Waals surface area (Å²) < 4.78 is 5.03. The Labute approximate surface area is 139 Å². The Bertz CT molecular complexity index is 907. The molecule has 3 aromatic rings. The molecule has 0 fully saturated rings. The molecular weight excluding hydrogens is 306 g/mol. The first-order chi connectivity index (χ1) is 11.5. The minimum absolute atomic E-state index is 0.102. The minimum atomic E-state index is -0.461. The fourth-order valence-corrected chi connectivity index (χ4v) is 2.48. The number of aromatic amines is 1. The molecule has 0 saturated heterocycles. The van der Waals surface area contributed by atoms with Crippen molar-refractivity contribution in [2.75, 3.05) is 25.5 Å². The smallest absolute Gasteiger partial charge is 0.408 e. The number of hydrogen-bond acceptors (Lipinski definition) is 4. The number of nitrogens with zero attached hydrogens (tertiary/aromatic N) is 1. The summed E-state index contributed by atoms with van der Waals surface area (Å²) in [5.41, 5.74) is 3.88. The molecule has 0 aliphatic carbocycles.